The second-order valence-corrected chi connectivity index (χ2v) is 5.89. The quantitative estimate of drug-likeness (QED) is 0.915. The second-order valence-electron chi connectivity index (χ2n) is 5.89. The van der Waals surface area contributed by atoms with Crippen LogP contribution in [-0.4, -0.2) is 29.9 Å². The molecule has 3 heteroatoms. The van der Waals surface area contributed by atoms with Crippen LogP contribution in [0, 0.1) is 5.92 Å². The third kappa shape index (κ3) is 3.83. The molecule has 1 fully saturated rings. The summed E-state index contributed by atoms with van der Waals surface area (Å²) in [6.45, 7) is 8.74. The van der Waals surface area contributed by atoms with Crippen LogP contribution in [0.1, 0.15) is 38.3 Å². The van der Waals surface area contributed by atoms with E-state index in [1.165, 1.54) is 11.1 Å². The highest BCUT2D eigenvalue weighted by Crippen LogP contribution is 2.17. The van der Waals surface area contributed by atoms with Crippen LogP contribution in [-0.2, 0) is 17.8 Å². The number of rotatable bonds is 4. The second kappa shape index (κ2) is 6.89. The Morgan fingerprint density at radius 2 is 1.95 bits per heavy atom. The van der Waals surface area contributed by atoms with Gasteiger partial charge in [0.15, 0.2) is 0 Å². The number of hydrogen-bond donors (Lipinski definition) is 1. The molecular weight excluding hydrogens is 248 g/mol. The van der Waals surface area contributed by atoms with E-state index >= 15 is 0 Å². The molecule has 0 spiro atoms. The maximum atomic E-state index is 11.4. The van der Waals surface area contributed by atoms with E-state index in [9.17, 15) is 4.79 Å². The molecule has 0 aliphatic carbocycles. The molecule has 0 saturated carbocycles. The largest absolute Gasteiger partial charge is 0.343 e. The number of likely N-dealkylation sites (tertiary alicyclic amines) is 1. The van der Waals surface area contributed by atoms with Gasteiger partial charge in [-0.25, -0.2) is 0 Å². The number of piperidine rings is 1. The molecule has 20 heavy (non-hydrogen) atoms. The first-order valence-electron chi connectivity index (χ1n) is 7.67. The minimum atomic E-state index is 0.199. The molecule has 0 radical (unpaired) electrons. The van der Waals surface area contributed by atoms with Crippen molar-refractivity contribution in [3.8, 4) is 0 Å². The predicted molar refractivity (Wildman–Crippen MR) is 82.5 cm³/mol. The number of nitrogens with one attached hydrogen (secondary N) is 1. The lowest BCUT2D eigenvalue weighted by molar-refractivity contribution is -0.130. The number of carbonyl (C=O) groups excluding carboxylic acids is 1. The van der Waals surface area contributed by atoms with Crippen LogP contribution >= 0.6 is 0 Å². The number of hydrogen-bond acceptors (Lipinski definition) is 2. The van der Waals surface area contributed by atoms with Gasteiger partial charge in [0.25, 0.3) is 0 Å². The molecule has 1 saturated heterocycles. The molecule has 1 aliphatic rings. The summed E-state index contributed by atoms with van der Waals surface area (Å²) in [6.07, 6.45) is 2.14. The summed E-state index contributed by atoms with van der Waals surface area (Å²) in [7, 11) is 0. The first-order chi connectivity index (χ1) is 9.60. The van der Waals surface area contributed by atoms with E-state index < -0.39 is 0 Å². The highest BCUT2D eigenvalue weighted by molar-refractivity contribution is 5.73. The van der Waals surface area contributed by atoms with Gasteiger partial charge in [-0.15, -0.1) is 0 Å². The molecule has 1 heterocycles. The topological polar surface area (TPSA) is 32.3 Å². The van der Waals surface area contributed by atoms with Crippen molar-refractivity contribution in [1.82, 2.24) is 10.2 Å². The van der Waals surface area contributed by atoms with E-state index in [1.54, 1.807) is 6.92 Å². The Morgan fingerprint density at radius 3 is 2.50 bits per heavy atom. The number of benzene rings is 1. The standard InChI is InChI=1S/C17H26N2O/c1-4-15-5-7-16(8-6-15)11-18-17-9-10-19(14(3)20)12-13(17)2/h5-8,13,17-18H,4,9-12H2,1-3H3/t13-,17-/m0/s1. The summed E-state index contributed by atoms with van der Waals surface area (Å²) in [5.41, 5.74) is 2.72. The zero-order valence-corrected chi connectivity index (χ0v) is 12.9. The first kappa shape index (κ1) is 15.0. The van der Waals surface area contributed by atoms with Gasteiger partial charge in [0.1, 0.15) is 0 Å². The van der Waals surface area contributed by atoms with Gasteiger partial charge in [0.2, 0.25) is 5.91 Å². The van der Waals surface area contributed by atoms with Crippen molar-refractivity contribution in [3.63, 3.8) is 0 Å². The summed E-state index contributed by atoms with van der Waals surface area (Å²) >= 11 is 0. The number of amides is 1. The Hall–Kier alpha value is -1.35. The number of carbonyl (C=O) groups is 1. The van der Waals surface area contributed by atoms with E-state index in [4.69, 9.17) is 0 Å². The molecule has 1 aliphatic heterocycles. The van der Waals surface area contributed by atoms with Gasteiger partial charge in [0, 0.05) is 32.6 Å². The van der Waals surface area contributed by atoms with E-state index in [1.807, 2.05) is 4.90 Å². The zero-order chi connectivity index (χ0) is 14.5. The van der Waals surface area contributed by atoms with Crippen LogP contribution in [0.4, 0.5) is 0 Å². The van der Waals surface area contributed by atoms with Gasteiger partial charge in [-0.05, 0) is 29.9 Å². The van der Waals surface area contributed by atoms with Crippen LogP contribution in [0.25, 0.3) is 0 Å². The van der Waals surface area contributed by atoms with Crippen molar-refractivity contribution in [3.05, 3.63) is 35.4 Å². The van der Waals surface area contributed by atoms with Crippen LogP contribution < -0.4 is 5.32 Å². The molecule has 0 bridgehead atoms. The van der Waals surface area contributed by atoms with Gasteiger partial charge >= 0.3 is 0 Å². The third-order valence-corrected chi connectivity index (χ3v) is 4.35. The molecule has 2 rings (SSSR count). The van der Waals surface area contributed by atoms with Crippen LogP contribution in [0.2, 0.25) is 0 Å². The van der Waals surface area contributed by atoms with Crippen LogP contribution in [0.3, 0.4) is 0 Å². The summed E-state index contributed by atoms with van der Waals surface area (Å²) in [6, 6.07) is 9.34. The van der Waals surface area contributed by atoms with Crippen molar-refractivity contribution < 1.29 is 4.79 Å². The number of aryl methyl sites for hydroxylation is 1. The molecular formula is C17H26N2O. The van der Waals surface area contributed by atoms with Crippen LogP contribution in [0.5, 0.6) is 0 Å². The van der Waals surface area contributed by atoms with E-state index in [0.29, 0.717) is 12.0 Å². The maximum absolute atomic E-state index is 11.4. The summed E-state index contributed by atoms with van der Waals surface area (Å²) < 4.78 is 0. The van der Waals surface area contributed by atoms with Gasteiger partial charge in [-0.1, -0.05) is 38.1 Å². The van der Waals surface area contributed by atoms with Crippen molar-refractivity contribution in [2.75, 3.05) is 13.1 Å². The number of nitrogens with zero attached hydrogens (tertiary/aromatic N) is 1. The monoisotopic (exact) mass is 274 g/mol. The highest BCUT2D eigenvalue weighted by atomic mass is 16.2. The Morgan fingerprint density at radius 1 is 1.30 bits per heavy atom. The fourth-order valence-corrected chi connectivity index (χ4v) is 2.88. The Bertz CT molecular complexity index is 441. The Kier molecular flexibility index (Phi) is 5.18. The van der Waals surface area contributed by atoms with Crippen molar-refractivity contribution >= 4 is 5.91 Å². The van der Waals surface area contributed by atoms with Crippen molar-refractivity contribution in [2.24, 2.45) is 5.92 Å². The molecule has 3 nitrogen and oxygen atoms in total. The Balaban J connectivity index is 1.83. The average Bonchev–Trinajstić information content (AvgIpc) is 2.46. The molecule has 1 amide bonds. The average molecular weight is 274 g/mol. The zero-order valence-electron chi connectivity index (χ0n) is 12.9. The summed E-state index contributed by atoms with van der Waals surface area (Å²) in [4.78, 5) is 13.4. The van der Waals surface area contributed by atoms with E-state index in [0.717, 1.165) is 32.5 Å². The molecule has 1 aromatic carbocycles. The van der Waals surface area contributed by atoms with Crippen LogP contribution in [0.15, 0.2) is 24.3 Å². The smallest absolute Gasteiger partial charge is 0.219 e. The van der Waals surface area contributed by atoms with E-state index in [-0.39, 0.29) is 5.91 Å². The minimum Gasteiger partial charge on any atom is -0.343 e. The maximum Gasteiger partial charge on any atom is 0.219 e. The fraction of sp³-hybridized carbons (Fsp3) is 0.588. The lowest BCUT2D eigenvalue weighted by Gasteiger charge is -2.37. The highest BCUT2D eigenvalue weighted by Gasteiger charge is 2.26. The van der Waals surface area contributed by atoms with E-state index in [2.05, 4.69) is 43.4 Å². The normalized spacial score (nSPS) is 22.9. The Labute approximate surface area is 122 Å². The minimum absolute atomic E-state index is 0.199. The summed E-state index contributed by atoms with van der Waals surface area (Å²) in [5, 5.41) is 3.65. The van der Waals surface area contributed by atoms with Crippen molar-refractivity contribution in [1.29, 1.82) is 0 Å². The molecule has 2 atom stereocenters. The lowest BCUT2D eigenvalue weighted by atomic mass is 9.93. The molecule has 1 N–H and O–H groups in total. The third-order valence-electron chi connectivity index (χ3n) is 4.35. The molecule has 0 unspecified atom stereocenters. The predicted octanol–water partition coefficient (Wildman–Crippen LogP) is 2.60. The molecule has 1 aromatic rings. The van der Waals surface area contributed by atoms with Gasteiger partial charge in [0.05, 0.1) is 0 Å². The fourth-order valence-electron chi connectivity index (χ4n) is 2.88. The SMILES string of the molecule is CCc1ccc(CN[C@H]2CCN(C(C)=O)C[C@@H]2C)cc1. The lowest BCUT2D eigenvalue weighted by Crippen LogP contribution is -2.49. The van der Waals surface area contributed by atoms with Crippen molar-refractivity contribution in [2.45, 2.75) is 46.2 Å². The molecule has 0 aromatic heterocycles. The first-order valence-corrected chi connectivity index (χ1v) is 7.67. The molecule has 110 valence electrons. The van der Waals surface area contributed by atoms with Gasteiger partial charge in [-0.2, -0.15) is 0 Å². The van der Waals surface area contributed by atoms with Gasteiger partial charge in [-0.3, -0.25) is 4.79 Å². The van der Waals surface area contributed by atoms with Gasteiger partial charge < -0.3 is 10.2 Å². The summed E-state index contributed by atoms with van der Waals surface area (Å²) in [5.74, 6) is 0.716.